The highest BCUT2D eigenvalue weighted by atomic mass is 32.1. The topological polar surface area (TPSA) is 24.9 Å². The van der Waals surface area contributed by atoms with Crippen LogP contribution < -0.4 is 5.32 Å². The predicted molar refractivity (Wildman–Crippen MR) is 65.4 cm³/mol. The van der Waals surface area contributed by atoms with E-state index in [9.17, 15) is 0 Å². The Morgan fingerprint density at radius 3 is 3.00 bits per heavy atom. The van der Waals surface area contributed by atoms with Crippen molar-refractivity contribution in [3.05, 3.63) is 16.1 Å². The van der Waals surface area contributed by atoms with Crippen LogP contribution in [-0.4, -0.2) is 17.6 Å². The monoisotopic (exact) mass is 224 g/mol. The normalized spacial score (nSPS) is 18.0. The Bertz CT molecular complexity index is 304. The fourth-order valence-corrected chi connectivity index (χ4v) is 2.41. The molecule has 0 spiro atoms. The van der Waals surface area contributed by atoms with Gasteiger partial charge >= 0.3 is 0 Å². The lowest BCUT2D eigenvalue weighted by Crippen LogP contribution is -2.20. The number of aryl methyl sites for hydroxylation is 1. The minimum Gasteiger partial charge on any atom is -0.314 e. The van der Waals surface area contributed by atoms with E-state index in [1.807, 2.05) is 0 Å². The lowest BCUT2D eigenvalue weighted by molar-refractivity contribution is 0.494. The molecule has 0 amide bonds. The Morgan fingerprint density at radius 1 is 1.60 bits per heavy atom. The largest absolute Gasteiger partial charge is 0.314 e. The molecular weight excluding hydrogens is 204 g/mol. The van der Waals surface area contributed by atoms with Crippen LogP contribution in [0.4, 0.5) is 0 Å². The number of nitrogens with one attached hydrogen (secondary N) is 1. The Morgan fingerprint density at radius 2 is 2.40 bits per heavy atom. The van der Waals surface area contributed by atoms with Crippen LogP contribution in [0, 0.1) is 12.8 Å². The highest BCUT2D eigenvalue weighted by Crippen LogP contribution is 2.19. The van der Waals surface area contributed by atoms with Gasteiger partial charge in [-0.2, -0.15) is 0 Å². The number of hydrogen-bond acceptors (Lipinski definition) is 3. The fourth-order valence-electron chi connectivity index (χ4n) is 1.78. The van der Waals surface area contributed by atoms with Crippen molar-refractivity contribution in [2.24, 2.45) is 5.92 Å². The summed E-state index contributed by atoms with van der Waals surface area (Å²) in [6.45, 7) is 5.58. The Labute approximate surface area is 96.1 Å². The first-order valence-corrected chi connectivity index (χ1v) is 6.76. The van der Waals surface area contributed by atoms with Gasteiger partial charge in [-0.25, -0.2) is 4.98 Å². The van der Waals surface area contributed by atoms with Gasteiger partial charge in [0.15, 0.2) is 0 Å². The predicted octanol–water partition coefficient (Wildman–Crippen LogP) is 2.77. The lowest BCUT2D eigenvalue weighted by Gasteiger charge is -2.09. The molecule has 2 nitrogen and oxygen atoms in total. The smallest absolute Gasteiger partial charge is 0.0897 e. The molecule has 1 atom stereocenters. The summed E-state index contributed by atoms with van der Waals surface area (Å²) in [6, 6.07) is 0.846. The van der Waals surface area contributed by atoms with Gasteiger partial charge in [-0.1, -0.05) is 6.92 Å². The maximum atomic E-state index is 4.50. The number of hydrogen-bond donors (Lipinski definition) is 1. The van der Waals surface area contributed by atoms with E-state index in [0.29, 0.717) is 0 Å². The minimum absolute atomic E-state index is 0.748. The number of aromatic nitrogens is 1. The summed E-state index contributed by atoms with van der Waals surface area (Å²) in [5.74, 6) is 0.748. The average Bonchev–Trinajstić information content (AvgIpc) is 2.91. The molecule has 1 unspecified atom stereocenters. The summed E-state index contributed by atoms with van der Waals surface area (Å²) >= 11 is 1.76. The van der Waals surface area contributed by atoms with E-state index in [0.717, 1.165) is 18.4 Å². The van der Waals surface area contributed by atoms with Gasteiger partial charge in [0.2, 0.25) is 0 Å². The maximum absolute atomic E-state index is 4.50. The van der Waals surface area contributed by atoms with Crippen molar-refractivity contribution in [2.75, 3.05) is 6.54 Å². The first-order chi connectivity index (χ1) is 7.24. The van der Waals surface area contributed by atoms with Crippen LogP contribution in [0.25, 0.3) is 0 Å². The molecule has 1 heterocycles. The van der Waals surface area contributed by atoms with E-state index in [2.05, 4.69) is 29.5 Å². The summed E-state index contributed by atoms with van der Waals surface area (Å²) in [6.07, 6.45) is 5.18. The highest BCUT2D eigenvalue weighted by Gasteiger charge is 2.20. The second-order valence-electron chi connectivity index (χ2n) is 4.68. The highest BCUT2D eigenvalue weighted by molar-refractivity contribution is 7.09. The van der Waals surface area contributed by atoms with E-state index < -0.39 is 0 Å². The molecule has 1 aliphatic rings. The number of rotatable bonds is 6. The third-order valence-electron chi connectivity index (χ3n) is 2.87. The zero-order valence-electron chi connectivity index (χ0n) is 9.62. The summed E-state index contributed by atoms with van der Waals surface area (Å²) < 4.78 is 0. The molecule has 84 valence electrons. The van der Waals surface area contributed by atoms with Crippen LogP contribution in [0.2, 0.25) is 0 Å². The minimum atomic E-state index is 0.748. The molecular formula is C12H20N2S. The van der Waals surface area contributed by atoms with Crippen molar-refractivity contribution in [1.29, 1.82) is 0 Å². The van der Waals surface area contributed by atoms with Gasteiger partial charge in [0.05, 0.1) is 10.7 Å². The van der Waals surface area contributed by atoms with Crippen LogP contribution in [0.5, 0.6) is 0 Å². The molecule has 0 bridgehead atoms. The molecule has 1 N–H and O–H groups in total. The van der Waals surface area contributed by atoms with Gasteiger partial charge in [0.25, 0.3) is 0 Å². The molecule has 1 saturated carbocycles. The molecule has 1 aromatic rings. The summed E-state index contributed by atoms with van der Waals surface area (Å²) in [4.78, 5) is 4.50. The summed E-state index contributed by atoms with van der Waals surface area (Å²) in [7, 11) is 0. The Hall–Kier alpha value is -0.410. The average molecular weight is 224 g/mol. The van der Waals surface area contributed by atoms with E-state index in [1.165, 1.54) is 36.5 Å². The quantitative estimate of drug-likeness (QED) is 0.803. The molecule has 0 aliphatic heterocycles. The van der Waals surface area contributed by atoms with E-state index in [-0.39, 0.29) is 0 Å². The molecule has 1 aromatic heterocycles. The van der Waals surface area contributed by atoms with Gasteiger partial charge in [0, 0.05) is 11.4 Å². The molecule has 0 aromatic carbocycles. The number of nitrogens with zero attached hydrogens (tertiary/aromatic N) is 1. The third-order valence-corrected chi connectivity index (χ3v) is 3.69. The second kappa shape index (κ2) is 5.08. The lowest BCUT2D eigenvalue weighted by atomic mass is 10.0. The van der Waals surface area contributed by atoms with Crippen molar-refractivity contribution in [2.45, 2.75) is 45.6 Å². The van der Waals surface area contributed by atoms with Crippen LogP contribution >= 0.6 is 11.3 Å². The zero-order chi connectivity index (χ0) is 10.7. The van der Waals surface area contributed by atoms with Crippen molar-refractivity contribution < 1.29 is 0 Å². The van der Waals surface area contributed by atoms with Gasteiger partial charge in [-0.15, -0.1) is 11.3 Å². The van der Waals surface area contributed by atoms with Crippen LogP contribution in [0.15, 0.2) is 5.38 Å². The van der Waals surface area contributed by atoms with Crippen LogP contribution in [-0.2, 0) is 6.42 Å². The maximum Gasteiger partial charge on any atom is 0.0897 e. The van der Waals surface area contributed by atoms with Crippen molar-refractivity contribution in [3.8, 4) is 0 Å². The molecule has 1 aliphatic carbocycles. The Balaban J connectivity index is 1.64. The van der Waals surface area contributed by atoms with Crippen molar-refractivity contribution in [1.82, 2.24) is 10.3 Å². The van der Waals surface area contributed by atoms with Gasteiger partial charge in [-0.3, -0.25) is 0 Å². The number of thiazole rings is 1. The zero-order valence-corrected chi connectivity index (χ0v) is 10.4. The molecule has 2 rings (SSSR count). The first kappa shape index (κ1) is 11.1. The Kier molecular flexibility index (Phi) is 3.76. The van der Waals surface area contributed by atoms with Gasteiger partial charge in [0.1, 0.15) is 0 Å². The second-order valence-corrected chi connectivity index (χ2v) is 5.75. The van der Waals surface area contributed by atoms with E-state index in [1.54, 1.807) is 11.3 Å². The van der Waals surface area contributed by atoms with Crippen LogP contribution in [0.3, 0.4) is 0 Å². The molecule has 1 fully saturated rings. The van der Waals surface area contributed by atoms with E-state index in [4.69, 9.17) is 0 Å². The summed E-state index contributed by atoms with van der Waals surface area (Å²) in [5, 5.41) is 6.94. The van der Waals surface area contributed by atoms with Crippen molar-refractivity contribution in [3.63, 3.8) is 0 Å². The SMILES string of the molecule is Cc1nc(CC(C)CCNC2CC2)cs1. The molecule has 0 saturated heterocycles. The third kappa shape index (κ3) is 3.92. The first-order valence-electron chi connectivity index (χ1n) is 5.88. The van der Waals surface area contributed by atoms with Gasteiger partial charge < -0.3 is 5.32 Å². The molecule has 3 heteroatoms. The molecule has 0 radical (unpaired) electrons. The van der Waals surface area contributed by atoms with E-state index >= 15 is 0 Å². The standard InChI is InChI=1S/C12H20N2S/c1-9(5-6-13-11-3-4-11)7-12-8-15-10(2)14-12/h8-9,11,13H,3-7H2,1-2H3. The van der Waals surface area contributed by atoms with Crippen molar-refractivity contribution >= 4 is 11.3 Å². The summed E-state index contributed by atoms with van der Waals surface area (Å²) in [5.41, 5.74) is 1.27. The fraction of sp³-hybridized carbons (Fsp3) is 0.750. The molecule has 15 heavy (non-hydrogen) atoms. The van der Waals surface area contributed by atoms with Crippen LogP contribution in [0.1, 0.15) is 36.9 Å². The van der Waals surface area contributed by atoms with Gasteiger partial charge in [-0.05, 0) is 45.1 Å².